The molecule has 23 heavy (non-hydrogen) atoms. The van der Waals surface area contributed by atoms with Gasteiger partial charge in [0.25, 0.3) is 5.56 Å². The lowest BCUT2D eigenvalue weighted by Crippen LogP contribution is -2.36. The van der Waals surface area contributed by atoms with Gasteiger partial charge in [-0.2, -0.15) is 5.10 Å². The summed E-state index contributed by atoms with van der Waals surface area (Å²) >= 11 is 1.17. The molecule has 0 aliphatic rings. The fourth-order valence-corrected chi connectivity index (χ4v) is 3.05. The Hall–Kier alpha value is -1.96. The van der Waals surface area contributed by atoms with Crippen LogP contribution in [-0.4, -0.2) is 33.4 Å². The van der Waals surface area contributed by atoms with Crippen molar-refractivity contribution in [3.63, 3.8) is 0 Å². The van der Waals surface area contributed by atoms with Crippen LogP contribution < -0.4 is 10.5 Å². The van der Waals surface area contributed by atoms with Crippen LogP contribution in [0.3, 0.4) is 0 Å². The Bertz CT molecular complexity index is 773. The number of rotatable bonds is 3. The zero-order valence-corrected chi connectivity index (χ0v) is 15.1. The van der Waals surface area contributed by atoms with E-state index in [1.807, 2.05) is 41.5 Å². The second-order valence-electron chi connectivity index (χ2n) is 6.49. The Balaban J connectivity index is 2.50. The zero-order chi connectivity index (χ0) is 17.4. The Morgan fingerprint density at radius 2 is 2.04 bits per heavy atom. The predicted molar refractivity (Wildman–Crippen MR) is 91.4 cm³/mol. The normalized spacial score (nSPS) is 12.0. The molecule has 8 heteroatoms. The average molecular weight is 338 g/mol. The minimum absolute atomic E-state index is 0.112. The molecule has 0 saturated heterocycles. The van der Waals surface area contributed by atoms with Gasteiger partial charge in [-0.15, -0.1) is 0 Å². The number of hydrogen-bond donors (Lipinski definition) is 1. The molecule has 0 atom stereocenters. The first-order chi connectivity index (χ1) is 10.6. The molecule has 2 rings (SSSR count). The molecular formula is C15H22N4O3S. The number of thiazole rings is 1. The van der Waals surface area contributed by atoms with E-state index in [2.05, 4.69) is 15.2 Å². The molecule has 2 heterocycles. The molecule has 0 aromatic carbocycles. The predicted octanol–water partition coefficient (Wildman–Crippen LogP) is 3.26. The third-order valence-electron chi connectivity index (χ3n) is 3.05. The van der Waals surface area contributed by atoms with Crippen LogP contribution in [0.1, 0.15) is 53.2 Å². The van der Waals surface area contributed by atoms with Crippen LogP contribution in [-0.2, 0) is 4.74 Å². The van der Waals surface area contributed by atoms with Gasteiger partial charge in [0.1, 0.15) is 15.8 Å². The van der Waals surface area contributed by atoms with Gasteiger partial charge in [-0.3, -0.25) is 9.69 Å². The second-order valence-corrected chi connectivity index (χ2v) is 7.47. The molecule has 2 aromatic rings. The van der Waals surface area contributed by atoms with E-state index < -0.39 is 11.7 Å². The Kier molecular flexibility index (Phi) is 4.74. The highest BCUT2D eigenvalue weighted by Gasteiger charge is 2.26. The Morgan fingerprint density at radius 1 is 1.39 bits per heavy atom. The third-order valence-corrected chi connectivity index (χ3v) is 4.13. The zero-order valence-electron chi connectivity index (χ0n) is 14.3. The van der Waals surface area contributed by atoms with Crippen molar-refractivity contribution in [2.24, 2.45) is 0 Å². The number of ether oxygens (including phenoxy) is 1. The SMILES string of the molecule is CCN(C(=O)OC(C)(C)C)c1nc2c(C(C)C)n[nH]c(=O)c2s1. The van der Waals surface area contributed by atoms with Gasteiger partial charge in [-0.05, 0) is 33.6 Å². The van der Waals surface area contributed by atoms with E-state index in [1.165, 1.54) is 16.2 Å². The number of aromatic nitrogens is 3. The van der Waals surface area contributed by atoms with E-state index in [9.17, 15) is 9.59 Å². The lowest BCUT2D eigenvalue weighted by Gasteiger charge is -2.24. The number of hydrogen-bond acceptors (Lipinski definition) is 6. The first-order valence-electron chi connectivity index (χ1n) is 7.53. The van der Waals surface area contributed by atoms with E-state index in [4.69, 9.17) is 4.74 Å². The molecule has 0 bridgehead atoms. The first-order valence-corrected chi connectivity index (χ1v) is 8.35. The summed E-state index contributed by atoms with van der Waals surface area (Å²) in [5, 5.41) is 7.01. The van der Waals surface area contributed by atoms with Gasteiger partial charge in [0, 0.05) is 6.54 Å². The molecule has 126 valence electrons. The standard InChI is InChI=1S/C15H22N4O3S/c1-7-19(14(21)22-15(4,5)6)13-16-10-9(8(2)3)17-18-12(20)11(10)23-13/h8H,7H2,1-6H3,(H,18,20). The smallest absolute Gasteiger partial charge is 0.416 e. The van der Waals surface area contributed by atoms with Crippen LogP contribution in [0.4, 0.5) is 9.93 Å². The molecule has 0 fully saturated rings. The fourth-order valence-electron chi connectivity index (χ4n) is 2.03. The van der Waals surface area contributed by atoms with E-state index in [1.54, 1.807) is 0 Å². The van der Waals surface area contributed by atoms with Crippen molar-refractivity contribution in [2.75, 3.05) is 11.4 Å². The Labute approximate surface area is 138 Å². The van der Waals surface area contributed by atoms with Crippen molar-refractivity contribution < 1.29 is 9.53 Å². The van der Waals surface area contributed by atoms with Gasteiger partial charge in [0.2, 0.25) is 0 Å². The van der Waals surface area contributed by atoms with Crippen LogP contribution in [0.25, 0.3) is 10.2 Å². The van der Waals surface area contributed by atoms with Gasteiger partial charge < -0.3 is 4.74 Å². The molecule has 0 spiro atoms. The molecule has 0 radical (unpaired) electrons. The van der Waals surface area contributed by atoms with Gasteiger partial charge in [0.05, 0.1) is 5.69 Å². The second kappa shape index (κ2) is 6.27. The summed E-state index contributed by atoms with van der Waals surface area (Å²) in [6, 6.07) is 0. The number of carbonyl (C=O) groups is 1. The summed E-state index contributed by atoms with van der Waals surface area (Å²) in [6.07, 6.45) is -0.477. The summed E-state index contributed by atoms with van der Waals surface area (Å²) < 4.78 is 5.87. The molecular weight excluding hydrogens is 316 g/mol. The summed E-state index contributed by atoms with van der Waals surface area (Å²) in [6.45, 7) is 11.6. The summed E-state index contributed by atoms with van der Waals surface area (Å²) in [5.41, 5.74) is 0.366. The molecule has 0 unspecified atom stereocenters. The van der Waals surface area contributed by atoms with E-state index in [-0.39, 0.29) is 11.5 Å². The minimum Gasteiger partial charge on any atom is -0.443 e. The quantitative estimate of drug-likeness (QED) is 0.928. The van der Waals surface area contributed by atoms with Crippen LogP contribution >= 0.6 is 11.3 Å². The Morgan fingerprint density at radius 3 is 2.57 bits per heavy atom. The number of nitrogens with one attached hydrogen (secondary N) is 1. The van der Waals surface area contributed by atoms with Gasteiger partial charge in [0.15, 0.2) is 5.13 Å². The minimum atomic E-state index is -0.594. The maximum atomic E-state index is 12.3. The van der Waals surface area contributed by atoms with Crippen LogP contribution in [0.5, 0.6) is 0 Å². The van der Waals surface area contributed by atoms with E-state index in [0.717, 1.165) is 0 Å². The first kappa shape index (κ1) is 17.4. The summed E-state index contributed by atoms with van der Waals surface area (Å²) in [4.78, 5) is 30.2. The number of aromatic amines is 1. The highest BCUT2D eigenvalue weighted by atomic mass is 32.1. The van der Waals surface area contributed by atoms with Crippen LogP contribution in [0, 0.1) is 0 Å². The highest BCUT2D eigenvalue weighted by molar-refractivity contribution is 7.22. The summed E-state index contributed by atoms with van der Waals surface area (Å²) in [5.74, 6) is 0.112. The van der Waals surface area contributed by atoms with Crippen LogP contribution in [0.2, 0.25) is 0 Å². The lowest BCUT2D eigenvalue weighted by molar-refractivity contribution is 0.0582. The van der Waals surface area contributed by atoms with E-state index in [0.29, 0.717) is 27.6 Å². The number of amides is 1. The molecule has 0 aliphatic heterocycles. The van der Waals surface area contributed by atoms with Crippen molar-refractivity contribution in [1.82, 2.24) is 15.2 Å². The van der Waals surface area contributed by atoms with Gasteiger partial charge in [-0.25, -0.2) is 14.9 Å². The number of carbonyl (C=O) groups excluding carboxylic acids is 1. The van der Waals surface area contributed by atoms with Crippen molar-refractivity contribution in [3.05, 3.63) is 16.0 Å². The molecule has 7 nitrogen and oxygen atoms in total. The highest BCUT2D eigenvalue weighted by Crippen LogP contribution is 2.30. The van der Waals surface area contributed by atoms with Gasteiger partial charge in [-0.1, -0.05) is 25.2 Å². The molecule has 0 aliphatic carbocycles. The third kappa shape index (κ3) is 3.69. The maximum absolute atomic E-state index is 12.3. The molecule has 0 saturated carbocycles. The molecule has 2 aromatic heterocycles. The van der Waals surface area contributed by atoms with Crippen LogP contribution in [0.15, 0.2) is 4.79 Å². The van der Waals surface area contributed by atoms with Crippen molar-refractivity contribution >= 4 is 32.8 Å². The van der Waals surface area contributed by atoms with Crippen molar-refractivity contribution in [1.29, 1.82) is 0 Å². The number of fused-ring (bicyclic) bond motifs is 1. The number of H-pyrrole nitrogens is 1. The van der Waals surface area contributed by atoms with Gasteiger partial charge >= 0.3 is 6.09 Å². The van der Waals surface area contributed by atoms with E-state index >= 15 is 0 Å². The summed E-state index contributed by atoms with van der Waals surface area (Å²) in [7, 11) is 0. The average Bonchev–Trinajstić information content (AvgIpc) is 2.82. The lowest BCUT2D eigenvalue weighted by atomic mass is 10.1. The largest absolute Gasteiger partial charge is 0.443 e. The maximum Gasteiger partial charge on any atom is 0.416 e. The molecule has 1 amide bonds. The van der Waals surface area contributed by atoms with Crippen molar-refractivity contribution in [2.45, 2.75) is 53.1 Å². The fraction of sp³-hybridized carbons (Fsp3) is 0.600. The van der Waals surface area contributed by atoms with Crippen molar-refractivity contribution in [3.8, 4) is 0 Å². The molecule has 1 N–H and O–H groups in total. The number of anilines is 1. The monoisotopic (exact) mass is 338 g/mol. The topological polar surface area (TPSA) is 88.2 Å². The number of nitrogens with zero attached hydrogens (tertiary/aromatic N) is 3.